The second-order valence-electron chi connectivity index (χ2n) is 7.95. The molecule has 1 saturated heterocycles. The Morgan fingerprint density at radius 1 is 1.03 bits per heavy atom. The van der Waals surface area contributed by atoms with E-state index in [1.807, 2.05) is 22.2 Å². The van der Waals surface area contributed by atoms with Crippen molar-refractivity contribution < 1.29 is 8.78 Å². The van der Waals surface area contributed by atoms with Crippen molar-refractivity contribution in [2.45, 2.75) is 32.7 Å². The van der Waals surface area contributed by atoms with E-state index in [4.69, 9.17) is 0 Å². The zero-order valence-electron chi connectivity index (χ0n) is 17.4. The maximum Gasteiger partial charge on any atom is 0.181 e. The van der Waals surface area contributed by atoms with Crippen LogP contribution in [0, 0.1) is 25.5 Å². The van der Waals surface area contributed by atoms with Crippen molar-refractivity contribution in [1.29, 1.82) is 0 Å². The SMILES string of the molecule is Cc1cc(-c2cnc(Nc3cnn(C4CCNCC4)c3)c3ncc(C)n23)c(F)cc1F. The number of aryl methyl sites for hydroxylation is 2. The van der Waals surface area contributed by atoms with Crippen LogP contribution in [0.15, 0.2) is 36.9 Å². The predicted octanol–water partition coefficient (Wildman–Crippen LogP) is 4.16. The van der Waals surface area contributed by atoms with Crippen LogP contribution in [0.5, 0.6) is 0 Å². The van der Waals surface area contributed by atoms with Crippen LogP contribution in [-0.4, -0.2) is 37.2 Å². The standard InChI is InChI=1S/C22H23F2N7/c1-13-7-17(19(24)8-18(13)23)20-11-26-21(22-27-9-14(2)31(20)22)29-15-10-28-30(12-15)16-3-5-25-6-4-16/h7-12,16,25H,3-6H2,1-2H3,(H,26,29). The molecule has 0 bridgehead atoms. The molecule has 4 aromatic rings. The first kappa shape index (κ1) is 19.6. The number of anilines is 2. The monoisotopic (exact) mass is 423 g/mol. The number of hydrogen-bond donors (Lipinski definition) is 2. The van der Waals surface area contributed by atoms with Gasteiger partial charge in [0.15, 0.2) is 11.5 Å². The van der Waals surface area contributed by atoms with Crippen LogP contribution >= 0.6 is 0 Å². The smallest absolute Gasteiger partial charge is 0.181 e. The molecule has 1 aromatic carbocycles. The molecule has 0 radical (unpaired) electrons. The van der Waals surface area contributed by atoms with Crippen LogP contribution in [0.4, 0.5) is 20.3 Å². The number of benzene rings is 1. The van der Waals surface area contributed by atoms with E-state index in [9.17, 15) is 8.78 Å². The van der Waals surface area contributed by atoms with Crippen LogP contribution in [0.2, 0.25) is 0 Å². The van der Waals surface area contributed by atoms with Gasteiger partial charge in [0.1, 0.15) is 11.6 Å². The lowest BCUT2D eigenvalue weighted by molar-refractivity contribution is 0.343. The molecule has 31 heavy (non-hydrogen) atoms. The minimum absolute atomic E-state index is 0.280. The fourth-order valence-electron chi connectivity index (χ4n) is 4.09. The van der Waals surface area contributed by atoms with Gasteiger partial charge in [0.25, 0.3) is 0 Å². The Balaban J connectivity index is 1.52. The molecule has 160 valence electrons. The third-order valence-corrected chi connectivity index (χ3v) is 5.78. The van der Waals surface area contributed by atoms with Gasteiger partial charge < -0.3 is 10.6 Å². The van der Waals surface area contributed by atoms with Crippen molar-refractivity contribution in [3.05, 3.63) is 59.8 Å². The molecular formula is C22H23F2N7. The van der Waals surface area contributed by atoms with Crippen molar-refractivity contribution in [2.24, 2.45) is 0 Å². The summed E-state index contributed by atoms with van der Waals surface area (Å²) in [6, 6.07) is 2.78. The molecule has 0 atom stereocenters. The molecule has 1 aliphatic heterocycles. The Labute approximate surface area is 178 Å². The van der Waals surface area contributed by atoms with Crippen molar-refractivity contribution in [1.82, 2.24) is 29.5 Å². The molecule has 0 spiro atoms. The van der Waals surface area contributed by atoms with Gasteiger partial charge in [-0.3, -0.25) is 9.08 Å². The van der Waals surface area contributed by atoms with Gasteiger partial charge in [-0.1, -0.05) is 0 Å². The van der Waals surface area contributed by atoms with Gasteiger partial charge >= 0.3 is 0 Å². The van der Waals surface area contributed by atoms with E-state index in [0.29, 0.717) is 28.8 Å². The Kier molecular flexibility index (Phi) is 4.90. The maximum absolute atomic E-state index is 14.6. The van der Waals surface area contributed by atoms with E-state index < -0.39 is 11.6 Å². The number of nitrogens with zero attached hydrogens (tertiary/aromatic N) is 5. The van der Waals surface area contributed by atoms with Gasteiger partial charge in [0.05, 0.1) is 29.8 Å². The highest BCUT2D eigenvalue weighted by Crippen LogP contribution is 2.30. The molecule has 9 heteroatoms. The van der Waals surface area contributed by atoms with E-state index >= 15 is 0 Å². The quantitative estimate of drug-likeness (QED) is 0.516. The average Bonchev–Trinajstić information content (AvgIpc) is 3.39. The third-order valence-electron chi connectivity index (χ3n) is 5.78. The predicted molar refractivity (Wildman–Crippen MR) is 114 cm³/mol. The Bertz CT molecular complexity index is 1250. The molecule has 1 fully saturated rings. The zero-order chi connectivity index (χ0) is 21.5. The molecule has 0 saturated carbocycles. The lowest BCUT2D eigenvalue weighted by Crippen LogP contribution is -2.29. The minimum atomic E-state index is -0.636. The van der Waals surface area contributed by atoms with Crippen molar-refractivity contribution >= 4 is 17.2 Å². The molecule has 2 N–H and O–H groups in total. The summed E-state index contributed by atoms with van der Waals surface area (Å²) < 4.78 is 32.1. The van der Waals surface area contributed by atoms with Crippen LogP contribution < -0.4 is 10.6 Å². The zero-order valence-corrected chi connectivity index (χ0v) is 17.4. The molecule has 0 amide bonds. The second-order valence-corrected chi connectivity index (χ2v) is 7.95. The minimum Gasteiger partial charge on any atom is -0.335 e. The highest BCUT2D eigenvalue weighted by Gasteiger charge is 2.19. The topological polar surface area (TPSA) is 72.1 Å². The van der Waals surface area contributed by atoms with E-state index in [0.717, 1.165) is 43.4 Å². The molecule has 7 nitrogen and oxygen atoms in total. The van der Waals surface area contributed by atoms with Crippen LogP contribution in [0.25, 0.3) is 16.9 Å². The van der Waals surface area contributed by atoms with Gasteiger partial charge in [-0.05, 0) is 51.4 Å². The number of halogens is 2. The number of piperidine rings is 1. The van der Waals surface area contributed by atoms with Gasteiger partial charge in [-0.25, -0.2) is 18.7 Å². The first-order chi connectivity index (χ1) is 15.0. The van der Waals surface area contributed by atoms with Crippen molar-refractivity contribution in [2.75, 3.05) is 18.4 Å². The van der Waals surface area contributed by atoms with Crippen LogP contribution in [-0.2, 0) is 0 Å². The number of aromatic nitrogens is 5. The van der Waals surface area contributed by atoms with Crippen molar-refractivity contribution in [3.63, 3.8) is 0 Å². The van der Waals surface area contributed by atoms with Gasteiger partial charge in [0.2, 0.25) is 0 Å². The van der Waals surface area contributed by atoms with Gasteiger partial charge in [-0.15, -0.1) is 0 Å². The van der Waals surface area contributed by atoms with Crippen molar-refractivity contribution in [3.8, 4) is 11.3 Å². The van der Waals surface area contributed by atoms with E-state index in [-0.39, 0.29) is 5.56 Å². The normalized spacial score (nSPS) is 15.0. The van der Waals surface area contributed by atoms with Gasteiger partial charge in [-0.2, -0.15) is 5.10 Å². The third kappa shape index (κ3) is 3.54. The summed E-state index contributed by atoms with van der Waals surface area (Å²) in [5.74, 6) is -0.666. The fraction of sp³-hybridized carbons (Fsp3) is 0.318. The summed E-state index contributed by atoms with van der Waals surface area (Å²) in [5, 5.41) is 11.1. The molecule has 0 unspecified atom stereocenters. The Morgan fingerprint density at radius 2 is 1.84 bits per heavy atom. The molecule has 0 aliphatic carbocycles. The second kappa shape index (κ2) is 7.73. The maximum atomic E-state index is 14.6. The molecular weight excluding hydrogens is 400 g/mol. The highest BCUT2D eigenvalue weighted by molar-refractivity contribution is 5.74. The fourth-order valence-corrected chi connectivity index (χ4v) is 4.09. The van der Waals surface area contributed by atoms with Crippen LogP contribution in [0.3, 0.4) is 0 Å². The van der Waals surface area contributed by atoms with E-state index in [1.165, 1.54) is 6.07 Å². The summed E-state index contributed by atoms with van der Waals surface area (Å²) in [4.78, 5) is 8.98. The lowest BCUT2D eigenvalue weighted by atomic mass is 10.1. The molecule has 5 rings (SSSR count). The number of imidazole rings is 1. The molecule has 3 aromatic heterocycles. The first-order valence-electron chi connectivity index (χ1n) is 10.3. The largest absolute Gasteiger partial charge is 0.335 e. The number of rotatable bonds is 4. The lowest BCUT2D eigenvalue weighted by Gasteiger charge is -2.22. The van der Waals surface area contributed by atoms with E-state index in [1.54, 1.807) is 25.5 Å². The Morgan fingerprint density at radius 3 is 2.65 bits per heavy atom. The number of fused-ring (bicyclic) bond motifs is 1. The number of nitrogens with one attached hydrogen (secondary N) is 2. The summed E-state index contributed by atoms with van der Waals surface area (Å²) in [6.45, 7) is 5.48. The summed E-state index contributed by atoms with van der Waals surface area (Å²) in [7, 11) is 0. The molecule has 1 aliphatic rings. The van der Waals surface area contributed by atoms with E-state index in [2.05, 4.69) is 25.7 Å². The summed E-state index contributed by atoms with van der Waals surface area (Å²) >= 11 is 0. The van der Waals surface area contributed by atoms with Crippen LogP contribution in [0.1, 0.15) is 30.1 Å². The number of hydrogen-bond acceptors (Lipinski definition) is 5. The Hall–Kier alpha value is -3.33. The summed E-state index contributed by atoms with van der Waals surface area (Å²) in [6.07, 6.45) is 9.12. The average molecular weight is 423 g/mol. The highest BCUT2D eigenvalue weighted by atomic mass is 19.1. The molecule has 4 heterocycles. The van der Waals surface area contributed by atoms with Gasteiger partial charge in [0, 0.05) is 29.7 Å². The summed E-state index contributed by atoms with van der Waals surface area (Å²) in [5.41, 5.74) is 3.36. The first-order valence-corrected chi connectivity index (χ1v) is 10.3.